The maximum atomic E-state index is 12.7. The van der Waals surface area contributed by atoms with Crippen LogP contribution in [-0.4, -0.2) is 22.2 Å². The van der Waals surface area contributed by atoms with Gasteiger partial charge in [-0.25, -0.2) is 4.79 Å². The van der Waals surface area contributed by atoms with E-state index in [9.17, 15) is 19.8 Å². The molecule has 1 aliphatic rings. The van der Waals surface area contributed by atoms with Crippen molar-refractivity contribution in [2.45, 2.75) is 25.7 Å². The fourth-order valence-corrected chi connectivity index (χ4v) is 4.28. The highest BCUT2D eigenvalue weighted by molar-refractivity contribution is 5.95. The molecule has 1 aliphatic carbocycles. The highest BCUT2D eigenvalue weighted by Gasteiger charge is 2.53. The highest BCUT2D eigenvalue weighted by Crippen LogP contribution is 2.48. The summed E-state index contributed by atoms with van der Waals surface area (Å²) >= 11 is 0. The van der Waals surface area contributed by atoms with Crippen molar-refractivity contribution in [3.8, 4) is 0 Å². The summed E-state index contributed by atoms with van der Waals surface area (Å²) in [5.74, 6) is -2.82. The lowest BCUT2D eigenvalue weighted by Gasteiger charge is -2.42. The van der Waals surface area contributed by atoms with Gasteiger partial charge in [0.2, 0.25) is 0 Å². The van der Waals surface area contributed by atoms with Crippen molar-refractivity contribution in [2.24, 2.45) is 5.92 Å². The predicted octanol–water partition coefficient (Wildman–Crippen LogP) is 4.23. The third-order valence-electron chi connectivity index (χ3n) is 5.43. The molecule has 2 unspecified atom stereocenters. The van der Waals surface area contributed by atoms with E-state index in [2.05, 4.69) is 0 Å². The summed E-state index contributed by atoms with van der Waals surface area (Å²) in [7, 11) is 0. The van der Waals surface area contributed by atoms with Gasteiger partial charge >= 0.3 is 11.9 Å². The van der Waals surface area contributed by atoms with Crippen LogP contribution in [0.4, 0.5) is 0 Å². The van der Waals surface area contributed by atoms with Crippen LogP contribution in [0.25, 0.3) is 0 Å². The first kappa shape index (κ1) is 18.6. The Hall–Kier alpha value is -3.14. The molecule has 4 nitrogen and oxygen atoms in total. The predicted molar refractivity (Wildman–Crippen MR) is 103 cm³/mol. The minimum absolute atomic E-state index is 0.163. The maximum absolute atomic E-state index is 12.7. The fourth-order valence-electron chi connectivity index (χ4n) is 4.28. The van der Waals surface area contributed by atoms with Crippen molar-refractivity contribution in [2.75, 3.05) is 0 Å². The molecule has 4 heteroatoms. The van der Waals surface area contributed by atoms with E-state index in [0.717, 1.165) is 5.56 Å². The van der Waals surface area contributed by atoms with E-state index in [1.54, 1.807) is 44.2 Å². The van der Waals surface area contributed by atoms with Gasteiger partial charge in [-0.05, 0) is 37.0 Å². The van der Waals surface area contributed by atoms with Crippen LogP contribution < -0.4 is 0 Å². The smallest absolute Gasteiger partial charge is 0.332 e. The molecule has 0 heterocycles. The third kappa shape index (κ3) is 3.08. The zero-order valence-corrected chi connectivity index (χ0v) is 15.3. The average Bonchev–Trinajstić information content (AvgIpc) is 2.63. The molecule has 0 saturated heterocycles. The van der Waals surface area contributed by atoms with Gasteiger partial charge in [-0.2, -0.15) is 0 Å². The van der Waals surface area contributed by atoms with Gasteiger partial charge in [0, 0.05) is 11.5 Å². The lowest BCUT2D eigenvalue weighted by Crippen LogP contribution is -2.49. The number of benzene rings is 2. The molecule has 138 valence electrons. The zero-order chi connectivity index (χ0) is 19.6. The van der Waals surface area contributed by atoms with Gasteiger partial charge in [-0.15, -0.1) is 0 Å². The molecule has 0 spiro atoms. The number of carbonyl (C=O) groups is 2. The van der Waals surface area contributed by atoms with E-state index >= 15 is 0 Å². The van der Waals surface area contributed by atoms with Gasteiger partial charge in [0.1, 0.15) is 5.41 Å². The molecule has 0 saturated carbocycles. The number of carboxylic acid groups (broad SMARTS) is 2. The topological polar surface area (TPSA) is 74.6 Å². The van der Waals surface area contributed by atoms with E-state index in [4.69, 9.17) is 0 Å². The SMILES string of the molecule is CC1=CC(C)=C(C(=O)O)C(Cc2ccccc2)C1(C(=O)O)c1ccccc1. The first-order valence-electron chi connectivity index (χ1n) is 8.84. The van der Waals surface area contributed by atoms with Crippen LogP contribution >= 0.6 is 0 Å². The van der Waals surface area contributed by atoms with Gasteiger partial charge in [-0.1, -0.05) is 72.3 Å². The Kier molecular flexibility index (Phi) is 5.00. The van der Waals surface area contributed by atoms with Crippen LogP contribution in [0, 0.1) is 5.92 Å². The minimum Gasteiger partial charge on any atom is -0.480 e. The first-order valence-corrected chi connectivity index (χ1v) is 8.84. The quantitative estimate of drug-likeness (QED) is 0.835. The van der Waals surface area contributed by atoms with Crippen molar-refractivity contribution < 1.29 is 19.8 Å². The molecule has 0 radical (unpaired) electrons. The molecule has 27 heavy (non-hydrogen) atoms. The third-order valence-corrected chi connectivity index (χ3v) is 5.43. The summed E-state index contributed by atoms with van der Waals surface area (Å²) in [6.45, 7) is 3.52. The van der Waals surface area contributed by atoms with Crippen LogP contribution in [0.1, 0.15) is 25.0 Å². The second-order valence-electron chi connectivity index (χ2n) is 6.95. The molecule has 3 rings (SSSR count). The summed E-state index contributed by atoms with van der Waals surface area (Å²) in [4.78, 5) is 24.8. The number of hydrogen-bond donors (Lipinski definition) is 2. The number of rotatable bonds is 5. The van der Waals surface area contributed by atoms with Gasteiger partial charge in [0.25, 0.3) is 0 Å². The Morgan fingerprint density at radius 3 is 2.00 bits per heavy atom. The van der Waals surface area contributed by atoms with Crippen molar-refractivity contribution in [3.05, 3.63) is 94.6 Å². The number of aliphatic carboxylic acids is 2. The van der Waals surface area contributed by atoms with Crippen molar-refractivity contribution in [3.63, 3.8) is 0 Å². The molecular weight excluding hydrogens is 340 g/mol. The number of hydrogen-bond acceptors (Lipinski definition) is 2. The number of carboxylic acids is 2. The van der Waals surface area contributed by atoms with E-state index in [1.807, 2.05) is 36.4 Å². The van der Waals surface area contributed by atoms with Crippen LogP contribution in [0.2, 0.25) is 0 Å². The van der Waals surface area contributed by atoms with Gasteiger partial charge < -0.3 is 10.2 Å². The second kappa shape index (κ2) is 7.23. The van der Waals surface area contributed by atoms with E-state index in [1.165, 1.54) is 0 Å². The highest BCUT2D eigenvalue weighted by atomic mass is 16.4. The summed E-state index contributed by atoms with van der Waals surface area (Å²) in [6, 6.07) is 18.4. The van der Waals surface area contributed by atoms with Gasteiger partial charge in [0.05, 0.1) is 0 Å². The average molecular weight is 362 g/mol. The largest absolute Gasteiger partial charge is 0.480 e. The zero-order valence-electron chi connectivity index (χ0n) is 15.3. The molecule has 2 aromatic rings. The Balaban J connectivity index is 2.29. The lowest BCUT2D eigenvalue weighted by atomic mass is 9.58. The molecule has 0 aromatic heterocycles. The Morgan fingerprint density at radius 1 is 0.926 bits per heavy atom. The second-order valence-corrected chi connectivity index (χ2v) is 6.95. The van der Waals surface area contributed by atoms with Crippen LogP contribution in [0.15, 0.2) is 83.5 Å². The van der Waals surface area contributed by atoms with Crippen molar-refractivity contribution in [1.82, 2.24) is 0 Å². The minimum atomic E-state index is -1.43. The molecule has 0 fully saturated rings. The Labute approximate surface area is 158 Å². The monoisotopic (exact) mass is 362 g/mol. The van der Waals surface area contributed by atoms with E-state index < -0.39 is 23.3 Å². The van der Waals surface area contributed by atoms with E-state index in [0.29, 0.717) is 23.1 Å². The van der Waals surface area contributed by atoms with Crippen LogP contribution in [0.3, 0.4) is 0 Å². The molecule has 2 atom stereocenters. The standard InChI is InChI=1S/C23H22O4/c1-15-13-16(2)23(22(26)27,18-11-7-4-8-12-18)19(20(15)21(24)25)14-17-9-5-3-6-10-17/h3-13,19H,14H2,1-2H3,(H,24,25)(H,26,27). The molecule has 0 aliphatic heterocycles. The first-order chi connectivity index (χ1) is 12.9. The summed E-state index contributed by atoms with van der Waals surface area (Å²) in [6.07, 6.45) is 2.03. The van der Waals surface area contributed by atoms with Crippen molar-refractivity contribution in [1.29, 1.82) is 0 Å². The van der Waals surface area contributed by atoms with E-state index in [-0.39, 0.29) is 5.57 Å². The lowest BCUT2D eigenvalue weighted by molar-refractivity contribution is -0.144. The molecule has 2 aromatic carbocycles. The maximum Gasteiger partial charge on any atom is 0.332 e. The normalized spacial score (nSPS) is 22.3. The van der Waals surface area contributed by atoms with Crippen LogP contribution in [0.5, 0.6) is 0 Å². The summed E-state index contributed by atoms with van der Waals surface area (Å²) in [5, 5.41) is 20.3. The summed E-state index contributed by atoms with van der Waals surface area (Å²) in [5.41, 5.74) is 1.49. The Bertz CT molecular complexity index is 925. The number of allylic oxidation sites excluding steroid dienone is 2. The molecular formula is C23H22O4. The fraction of sp³-hybridized carbons (Fsp3) is 0.217. The van der Waals surface area contributed by atoms with Gasteiger partial charge in [-0.3, -0.25) is 4.79 Å². The molecule has 0 amide bonds. The summed E-state index contributed by atoms with van der Waals surface area (Å²) < 4.78 is 0. The van der Waals surface area contributed by atoms with Gasteiger partial charge in [0.15, 0.2) is 0 Å². The molecule has 0 bridgehead atoms. The Morgan fingerprint density at radius 2 is 1.48 bits per heavy atom. The van der Waals surface area contributed by atoms with Crippen LogP contribution in [-0.2, 0) is 21.4 Å². The van der Waals surface area contributed by atoms with Crippen molar-refractivity contribution >= 4 is 11.9 Å². The molecule has 2 N–H and O–H groups in total.